The minimum atomic E-state index is 0.356. The molecule has 0 bridgehead atoms. The van der Waals surface area contributed by atoms with E-state index in [2.05, 4.69) is 10.2 Å². The highest BCUT2D eigenvalue weighted by Gasteiger charge is 2.10. The Morgan fingerprint density at radius 3 is 2.55 bits per heavy atom. The van der Waals surface area contributed by atoms with Crippen molar-refractivity contribution in [3.63, 3.8) is 0 Å². The summed E-state index contributed by atoms with van der Waals surface area (Å²) in [5.41, 5.74) is 9.42. The Bertz CT molecular complexity index is 746. The van der Waals surface area contributed by atoms with Crippen molar-refractivity contribution in [2.75, 3.05) is 5.73 Å². The van der Waals surface area contributed by atoms with Crippen LogP contribution in [0.15, 0.2) is 36.4 Å². The number of anilines is 1. The number of aryl methyl sites for hydroxylation is 2. The van der Waals surface area contributed by atoms with E-state index in [4.69, 9.17) is 10.5 Å². The first-order valence-electron chi connectivity index (χ1n) is 6.44. The predicted molar refractivity (Wildman–Crippen MR) is 77.6 cm³/mol. The highest BCUT2D eigenvalue weighted by molar-refractivity contribution is 5.64. The molecule has 102 valence electrons. The van der Waals surface area contributed by atoms with Gasteiger partial charge in [-0.2, -0.15) is 0 Å². The van der Waals surface area contributed by atoms with E-state index in [0.29, 0.717) is 17.9 Å². The standard InChI is InChI=1S/C15H16N4O/c1-10-3-6-12(7-4-10)20-9-14-17-18-15-13(16)8-5-11(2)19(14)15/h3-8H,9,16H2,1-2H3. The van der Waals surface area contributed by atoms with Gasteiger partial charge in [-0.05, 0) is 38.1 Å². The molecule has 0 atom stereocenters. The molecule has 2 aromatic heterocycles. The van der Waals surface area contributed by atoms with Crippen molar-refractivity contribution in [1.29, 1.82) is 0 Å². The largest absolute Gasteiger partial charge is 0.486 e. The Kier molecular flexibility index (Phi) is 3.02. The Hall–Kier alpha value is -2.56. The first kappa shape index (κ1) is 12.5. The number of nitrogens with two attached hydrogens (primary N) is 1. The number of hydrogen-bond acceptors (Lipinski definition) is 4. The number of nitrogens with zero attached hydrogens (tertiary/aromatic N) is 3. The van der Waals surface area contributed by atoms with E-state index in [1.807, 2.05) is 54.6 Å². The number of hydrogen-bond donors (Lipinski definition) is 1. The maximum Gasteiger partial charge on any atom is 0.184 e. The van der Waals surface area contributed by atoms with Crippen LogP contribution in [0.5, 0.6) is 5.75 Å². The number of ether oxygens (including phenoxy) is 1. The Morgan fingerprint density at radius 1 is 1.05 bits per heavy atom. The number of pyridine rings is 1. The highest BCUT2D eigenvalue weighted by Crippen LogP contribution is 2.17. The Morgan fingerprint density at radius 2 is 1.80 bits per heavy atom. The van der Waals surface area contributed by atoms with Crippen LogP contribution in [0.3, 0.4) is 0 Å². The molecular weight excluding hydrogens is 252 g/mol. The fraction of sp³-hybridized carbons (Fsp3) is 0.200. The van der Waals surface area contributed by atoms with Gasteiger partial charge in [0.15, 0.2) is 11.5 Å². The van der Waals surface area contributed by atoms with Crippen LogP contribution in [0.4, 0.5) is 5.69 Å². The third-order valence-corrected chi connectivity index (χ3v) is 3.23. The molecule has 3 aromatic rings. The minimum absolute atomic E-state index is 0.356. The van der Waals surface area contributed by atoms with Crippen LogP contribution in [-0.4, -0.2) is 14.6 Å². The average molecular weight is 268 g/mol. The minimum Gasteiger partial charge on any atom is -0.486 e. The van der Waals surface area contributed by atoms with Crippen LogP contribution >= 0.6 is 0 Å². The third-order valence-electron chi connectivity index (χ3n) is 3.23. The molecule has 0 aliphatic heterocycles. The topological polar surface area (TPSA) is 65.4 Å². The molecule has 1 aromatic carbocycles. The van der Waals surface area contributed by atoms with Crippen LogP contribution in [-0.2, 0) is 6.61 Å². The summed E-state index contributed by atoms with van der Waals surface area (Å²) in [7, 11) is 0. The van der Waals surface area contributed by atoms with Gasteiger partial charge in [-0.3, -0.25) is 4.40 Å². The van der Waals surface area contributed by atoms with Gasteiger partial charge in [-0.15, -0.1) is 10.2 Å². The molecule has 0 amide bonds. The number of aromatic nitrogens is 3. The van der Waals surface area contributed by atoms with E-state index in [1.165, 1.54) is 5.56 Å². The third kappa shape index (κ3) is 2.18. The van der Waals surface area contributed by atoms with Crippen molar-refractivity contribution in [2.45, 2.75) is 20.5 Å². The fourth-order valence-corrected chi connectivity index (χ4v) is 2.11. The Balaban J connectivity index is 1.88. The normalized spacial score (nSPS) is 10.9. The highest BCUT2D eigenvalue weighted by atomic mass is 16.5. The second-order valence-corrected chi connectivity index (χ2v) is 4.81. The van der Waals surface area contributed by atoms with E-state index in [-0.39, 0.29) is 0 Å². The number of rotatable bonds is 3. The number of nitrogen functional groups attached to an aromatic ring is 1. The van der Waals surface area contributed by atoms with Gasteiger partial charge in [-0.25, -0.2) is 0 Å². The second kappa shape index (κ2) is 4.85. The smallest absolute Gasteiger partial charge is 0.184 e. The van der Waals surface area contributed by atoms with E-state index in [1.54, 1.807) is 0 Å². The summed E-state index contributed by atoms with van der Waals surface area (Å²) in [6.07, 6.45) is 0. The summed E-state index contributed by atoms with van der Waals surface area (Å²) in [4.78, 5) is 0. The first-order chi connectivity index (χ1) is 9.65. The molecule has 0 unspecified atom stereocenters. The lowest BCUT2D eigenvalue weighted by atomic mass is 10.2. The van der Waals surface area contributed by atoms with Gasteiger partial charge in [0.05, 0.1) is 5.69 Å². The summed E-state index contributed by atoms with van der Waals surface area (Å²) in [5.74, 6) is 1.55. The fourth-order valence-electron chi connectivity index (χ4n) is 2.11. The van der Waals surface area contributed by atoms with Gasteiger partial charge in [-0.1, -0.05) is 17.7 Å². The number of fused-ring (bicyclic) bond motifs is 1. The molecule has 0 radical (unpaired) electrons. The van der Waals surface area contributed by atoms with Gasteiger partial charge >= 0.3 is 0 Å². The molecule has 0 saturated heterocycles. The van der Waals surface area contributed by atoms with Gasteiger partial charge in [0.2, 0.25) is 0 Å². The monoisotopic (exact) mass is 268 g/mol. The molecule has 0 aliphatic carbocycles. The molecular formula is C15H16N4O. The van der Waals surface area contributed by atoms with Gasteiger partial charge < -0.3 is 10.5 Å². The number of benzene rings is 1. The molecule has 0 saturated carbocycles. The Labute approximate surface area is 117 Å². The van der Waals surface area contributed by atoms with Gasteiger partial charge in [0.1, 0.15) is 12.4 Å². The maximum atomic E-state index is 5.90. The second-order valence-electron chi connectivity index (χ2n) is 4.81. The molecule has 2 heterocycles. The molecule has 5 nitrogen and oxygen atoms in total. The molecule has 5 heteroatoms. The molecule has 0 aliphatic rings. The lowest BCUT2D eigenvalue weighted by Crippen LogP contribution is -2.04. The average Bonchev–Trinajstić information content (AvgIpc) is 2.88. The van der Waals surface area contributed by atoms with Crippen molar-refractivity contribution in [2.24, 2.45) is 0 Å². The summed E-state index contributed by atoms with van der Waals surface area (Å²) in [6, 6.07) is 11.7. The zero-order valence-electron chi connectivity index (χ0n) is 11.5. The van der Waals surface area contributed by atoms with E-state index in [9.17, 15) is 0 Å². The molecule has 0 fully saturated rings. The molecule has 2 N–H and O–H groups in total. The quantitative estimate of drug-likeness (QED) is 0.792. The van der Waals surface area contributed by atoms with E-state index >= 15 is 0 Å². The summed E-state index contributed by atoms with van der Waals surface area (Å²) in [6.45, 7) is 4.39. The lowest BCUT2D eigenvalue weighted by Gasteiger charge is -2.07. The van der Waals surface area contributed by atoms with Crippen LogP contribution in [0.1, 0.15) is 17.1 Å². The molecule has 3 rings (SSSR count). The van der Waals surface area contributed by atoms with Crippen molar-refractivity contribution in [3.05, 3.63) is 53.5 Å². The van der Waals surface area contributed by atoms with Crippen LogP contribution in [0.25, 0.3) is 5.65 Å². The summed E-state index contributed by atoms with van der Waals surface area (Å²) in [5, 5.41) is 8.27. The summed E-state index contributed by atoms with van der Waals surface area (Å²) < 4.78 is 7.66. The van der Waals surface area contributed by atoms with Crippen LogP contribution in [0.2, 0.25) is 0 Å². The zero-order chi connectivity index (χ0) is 14.1. The molecule has 0 spiro atoms. The van der Waals surface area contributed by atoms with Gasteiger partial charge in [0, 0.05) is 5.69 Å². The predicted octanol–water partition coefficient (Wildman–Crippen LogP) is 2.51. The summed E-state index contributed by atoms with van der Waals surface area (Å²) >= 11 is 0. The molecule has 20 heavy (non-hydrogen) atoms. The van der Waals surface area contributed by atoms with Crippen LogP contribution < -0.4 is 10.5 Å². The van der Waals surface area contributed by atoms with Crippen molar-refractivity contribution in [1.82, 2.24) is 14.6 Å². The SMILES string of the molecule is Cc1ccc(OCc2nnc3c(N)ccc(C)n23)cc1. The van der Waals surface area contributed by atoms with E-state index < -0.39 is 0 Å². The van der Waals surface area contributed by atoms with Crippen LogP contribution in [0, 0.1) is 13.8 Å². The van der Waals surface area contributed by atoms with Gasteiger partial charge in [0.25, 0.3) is 0 Å². The zero-order valence-corrected chi connectivity index (χ0v) is 11.5. The lowest BCUT2D eigenvalue weighted by molar-refractivity contribution is 0.294. The first-order valence-corrected chi connectivity index (χ1v) is 6.44. The van der Waals surface area contributed by atoms with Crippen molar-refractivity contribution in [3.8, 4) is 5.75 Å². The van der Waals surface area contributed by atoms with Crippen molar-refractivity contribution >= 4 is 11.3 Å². The van der Waals surface area contributed by atoms with Crippen molar-refractivity contribution < 1.29 is 4.74 Å². The maximum absolute atomic E-state index is 5.90. The van der Waals surface area contributed by atoms with E-state index in [0.717, 1.165) is 17.3 Å².